The number of urea groups is 1. The van der Waals surface area contributed by atoms with E-state index in [1.165, 1.54) is 31.9 Å². The predicted molar refractivity (Wildman–Crippen MR) is 83.1 cm³/mol. The molecule has 122 valence electrons. The lowest BCUT2D eigenvalue weighted by Crippen LogP contribution is -2.54. The Hall–Kier alpha value is -1.85. The second-order valence-corrected chi connectivity index (χ2v) is 5.99. The standard InChI is InChI=1S/C16H25N3O3/c1-19-14(20)9-8-13(15(19)21)18-16(22)17-11-10-12-6-4-2-3-5-7-12/h6,13H,2-5,7-11H2,1H3,(H2,17,18,22). The number of rotatable bonds is 4. The van der Waals surface area contributed by atoms with Crippen molar-refractivity contribution in [1.82, 2.24) is 15.5 Å². The second kappa shape index (κ2) is 7.96. The summed E-state index contributed by atoms with van der Waals surface area (Å²) in [6.45, 7) is 0.577. The van der Waals surface area contributed by atoms with Crippen LogP contribution in [0.25, 0.3) is 0 Å². The van der Waals surface area contributed by atoms with E-state index in [2.05, 4.69) is 16.7 Å². The lowest BCUT2D eigenvalue weighted by atomic mass is 10.1. The minimum absolute atomic E-state index is 0.191. The number of allylic oxidation sites excluding steroid dienone is 1. The molecular formula is C16H25N3O3. The largest absolute Gasteiger partial charge is 0.338 e. The van der Waals surface area contributed by atoms with Crippen molar-refractivity contribution in [2.24, 2.45) is 0 Å². The summed E-state index contributed by atoms with van der Waals surface area (Å²) in [6.07, 6.45) is 9.85. The molecule has 0 aromatic heterocycles. The van der Waals surface area contributed by atoms with Gasteiger partial charge in [-0.15, -0.1) is 0 Å². The number of carbonyl (C=O) groups is 3. The normalized spacial score (nSPS) is 22.9. The molecule has 0 radical (unpaired) electrons. The number of likely N-dealkylation sites (N-methyl/N-ethyl adjacent to an activating group) is 1. The summed E-state index contributed by atoms with van der Waals surface area (Å²) in [5.74, 6) is -0.526. The Kier molecular flexibility index (Phi) is 5.98. The number of hydrogen-bond donors (Lipinski definition) is 2. The smallest absolute Gasteiger partial charge is 0.315 e. The van der Waals surface area contributed by atoms with E-state index < -0.39 is 6.04 Å². The van der Waals surface area contributed by atoms with Gasteiger partial charge in [0.2, 0.25) is 5.91 Å². The average Bonchev–Trinajstić information content (AvgIpc) is 2.77. The van der Waals surface area contributed by atoms with Gasteiger partial charge in [0.1, 0.15) is 6.04 Å². The van der Waals surface area contributed by atoms with Crippen molar-refractivity contribution in [2.75, 3.05) is 13.6 Å². The molecule has 4 amide bonds. The van der Waals surface area contributed by atoms with E-state index in [4.69, 9.17) is 0 Å². The van der Waals surface area contributed by atoms with Crippen LogP contribution < -0.4 is 10.6 Å². The molecule has 1 saturated heterocycles. The maximum Gasteiger partial charge on any atom is 0.315 e. The minimum Gasteiger partial charge on any atom is -0.338 e. The molecule has 1 aliphatic heterocycles. The number of imide groups is 1. The molecule has 1 fully saturated rings. The molecule has 1 unspecified atom stereocenters. The zero-order valence-corrected chi connectivity index (χ0v) is 13.2. The topological polar surface area (TPSA) is 78.5 Å². The van der Waals surface area contributed by atoms with Crippen molar-refractivity contribution < 1.29 is 14.4 Å². The SMILES string of the molecule is CN1C(=O)CCC(NC(=O)NCCC2=CCCCCC2)C1=O. The highest BCUT2D eigenvalue weighted by Gasteiger charge is 2.32. The number of likely N-dealkylation sites (tertiary alicyclic amines) is 1. The summed E-state index contributed by atoms with van der Waals surface area (Å²) in [4.78, 5) is 36.2. The highest BCUT2D eigenvalue weighted by molar-refractivity contribution is 6.01. The minimum atomic E-state index is -0.597. The van der Waals surface area contributed by atoms with Gasteiger partial charge in [0.15, 0.2) is 0 Å². The van der Waals surface area contributed by atoms with Crippen LogP contribution in [0, 0.1) is 0 Å². The van der Waals surface area contributed by atoms with E-state index >= 15 is 0 Å². The van der Waals surface area contributed by atoms with Crippen LogP contribution in [0.5, 0.6) is 0 Å². The third-order valence-electron chi connectivity index (χ3n) is 4.32. The first kappa shape index (κ1) is 16.5. The highest BCUT2D eigenvalue weighted by atomic mass is 16.2. The van der Waals surface area contributed by atoms with Crippen LogP contribution in [0.3, 0.4) is 0 Å². The van der Waals surface area contributed by atoms with E-state index in [1.807, 2.05) is 0 Å². The Morgan fingerprint density at radius 3 is 2.91 bits per heavy atom. The van der Waals surface area contributed by atoms with Gasteiger partial charge in [-0.3, -0.25) is 14.5 Å². The predicted octanol–water partition coefficient (Wildman–Crippen LogP) is 1.71. The maximum absolute atomic E-state index is 11.9. The van der Waals surface area contributed by atoms with Crippen LogP contribution >= 0.6 is 0 Å². The third kappa shape index (κ3) is 4.58. The molecular weight excluding hydrogens is 282 g/mol. The number of nitrogens with zero attached hydrogens (tertiary/aromatic N) is 1. The summed E-state index contributed by atoms with van der Waals surface area (Å²) in [5.41, 5.74) is 1.41. The summed E-state index contributed by atoms with van der Waals surface area (Å²) in [6, 6.07) is -0.935. The Labute approximate surface area is 131 Å². The van der Waals surface area contributed by atoms with Crippen LogP contribution in [0.15, 0.2) is 11.6 Å². The molecule has 2 N–H and O–H groups in total. The van der Waals surface area contributed by atoms with Crippen molar-refractivity contribution in [1.29, 1.82) is 0 Å². The van der Waals surface area contributed by atoms with Gasteiger partial charge < -0.3 is 10.6 Å². The lowest BCUT2D eigenvalue weighted by Gasteiger charge is -2.28. The van der Waals surface area contributed by atoms with Gasteiger partial charge in [-0.1, -0.05) is 18.1 Å². The summed E-state index contributed by atoms with van der Waals surface area (Å²) in [5, 5.41) is 5.45. The molecule has 1 heterocycles. The Balaban J connectivity index is 1.70. The first-order valence-electron chi connectivity index (χ1n) is 8.10. The molecule has 1 aliphatic carbocycles. The van der Waals surface area contributed by atoms with E-state index in [0.29, 0.717) is 19.4 Å². The van der Waals surface area contributed by atoms with Gasteiger partial charge >= 0.3 is 6.03 Å². The highest BCUT2D eigenvalue weighted by Crippen LogP contribution is 2.19. The Bertz CT molecular complexity index is 473. The molecule has 6 nitrogen and oxygen atoms in total. The molecule has 22 heavy (non-hydrogen) atoms. The first-order chi connectivity index (χ1) is 10.6. The van der Waals surface area contributed by atoms with Crippen LogP contribution in [-0.2, 0) is 9.59 Å². The molecule has 0 aromatic rings. The fraction of sp³-hybridized carbons (Fsp3) is 0.688. The fourth-order valence-corrected chi connectivity index (χ4v) is 2.90. The average molecular weight is 307 g/mol. The molecule has 1 atom stereocenters. The van der Waals surface area contributed by atoms with Crippen LogP contribution in [0.4, 0.5) is 4.79 Å². The fourth-order valence-electron chi connectivity index (χ4n) is 2.90. The summed E-state index contributed by atoms with van der Waals surface area (Å²) >= 11 is 0. The van der Waals surface area contributed by atoms with Crippen molar-refractivity contribution in [3.8, 4) is 0 Å². The Morgan fingerprint density at radius 2 is 2.09 bits per heavy atom. The van der Waals surface area contributed by atoms with Gasteiger partial charge in [-0.25, -0.2) is 4.79 Å². The molecule has 2 rings (SSSR count). The van der Waals surface area contributed by atoms with Crippen LogP contribution in [0.2, 0.25) is 0 Å². The van der Waals surface area contributed by atoms with Gasteiger partial charge in [-0.2, -0.15) is 0 Å². The second-order valence-electron chi connectivity index (χ2n) is 5.99. The molecule has 2 aliphatic rings. The molecule has 0 aromatic carbocycles. The number of amides is 4. The van der Waals surface area contributed by atoms with Crippen LogP contribution in [-0.4, -0.2) is 42.4 Å². The monoisotopic (exact) mass is 307 g/mol. The van der Waals surface area contributed by atoms with Gasteiger partial charge in [-0.05, 0) is 38.5 Å². The van der Waals surface area contributed by atoms with Crippen molar-refractivity contribution in [3.63, 3.8) is 0 Å². The zero-order valence-electron chi connectivity index (χ0n) is 13.2. The zero-order chi connectivity index (χ0) is 15.9. The Morgan fingerprint density at radius 1 is 1.27 bits per heavy atom. The molecule has 6 heteroatoms. The quantitative estimate of drug-likeness (QED) is 0.613. The molecule has 0 bridgehead atoms. The molecule has 0 saturated carbocycles. The number of carbonyl (C=O) groups excluding carboxylic acids is 3. The van der Waals surface area contributed by atoms with Crippen molar-refractivity contribution in [2.45, 2.75) is 57.4 Å². The van der Waals surface area contributed by atoms with Crippen molar-refractivity contribution >= 4 is 17.8 Å². The van der Waals surface area contributed by atoms with Gasteiger partial charge in [0.25, 0.3) is 5.91 Å². The lowest BCUT2D eigenvalue weighted by molar-refractivity contribution is -0.147. The van der Waals surface area contributed by atoms with E-state index in [1.54, 1.807) is 0 Å². The first-order valence-corrected chi connectivity index (χ1v) is 8.10. The van der Waals surface area contributed by atoms with Gasteiger partial charge in [0.05, 0.1) is 0 Å². The maximum atomic E-state index is 11.9. The number of nitrogens with one attached hydrogen (secondary N) is 2. The third-order valence-corrected chi connectivity index (χ3v) is 4.32. The van der Waals surface area contributed by atoms with E-state index in [0.717, 1.165) is 24.2 Å². The van der Waals surface area contributed by atoms with Crippen molar-refractivity contribution in [3.05, 3.63) is 11.6 Å². The molecule has 0 spiro atoms. The number of hydrogen-bond acceptors (Lipinski definition) is 3. The van der Waals surface area contributed by atoms with Gasteiger partial charge in [0, 0.05) is 20.0 Å². The van der Waals surface area contributed by atoms with E-state index in [9.17, 15) is 14.4 Å². The van der Waals surface area contributed by atoms with E-state index in [-0.39, 0.29) is 17.8 Å². The summed E-state index contributed by atoms with van der Waals surface area (Å²) < 4.78 is 0. The van der Waals surface area contributed by atoms with Crippen LogP contribution in [0.1, 0.15) is 51.4 Å². The summed E-state index contributed by atoms with van der Waals surface area (Å²) in [7, 11) is 1.45. The number of piperidine rings is 1.